The second-order valence-corrected chi connectivity index (χ2v) is 10.2. The van der Waals surface area contributed by atoms with Crippen LogP contribution in [0, 0.1) is 18.3 Å². The first-order valence-corrected chi connectivity index (χ1v) is 13.2. The standard InChI is InChI=1S/C27H31FN10/c1-17-11-25(36-35-17)33-26-23-6-3-18(19-15-30-37(16-19)10-7-28)12-24(23)32-27(34-26)31-20-13-21-4-5-22(14-20)38(21)9-2-8-29/h3,6,11-12,15-16,20-22H,2,4-5,7,9-10,13-14H2,1H3,(H3,31,32,33,34,35,36)/t20-,21-,22+. The van der Waals surface area contributed by atoms with Crippen LogP contribution in [0.25, 0.3) is 22.0 Å². The molecule has 2 aliphatic rings. The van der Waals surface area contributed by atoms with Crippen molar-refractivity contribution in [3.05, 3.63) is 42.4 Å². The van der Waals surface area contributed by atoms with Crippen molar-refractivity contribution >= 4 is 28.5 Å². The van der Waals surface area contributed by atoms with Crippen LogP contribution < -0.4 is 10.6 Å². The summed E-state index contributed by atoms with van der Waals surface area (Å²) in [6, 6.07) is 11.5. The zero-order valence-electron chi connectivity index (χ0n) is 21.4. The van der Waals surface area contributed by atoms with Crippen LogP contribution in [-0.2, 0) is 6.54 Å². The van der Waals surface area contributed by atoms with E-state index >= 15 is 0 Å². The van der Waals surface area contributed by atoms with E-state index in [0.717, 1.165) is 47.1 Å². The SMILES string of the molecule is Cc1cc(Nc2nc(N[C@@H]3C[C@H]4CC[C@@H](C3)N4CCC#N)nc3cc(-c4cnn(CCF)c4)ccc23)n[nH]1. The Labute approximate surface area is 220 Å². The molecule has 2 fully saturated rings. The van der Waals surface area contributed by atoms with Gasteiger partial charge in [0.1, 0.15) is 12.5 Å². The first kappa shape index (κ1) is 24.3. The van der Waals surface area contributed by atoms with Gasteiger partial charge in [-0.2, -0.15) is 20.4 Å². The minimum atomic E-state index is -0.457. The van der Waals surface area contributed by atoms with Gasteiger partial charge in [0.2, 0.25) is 5.95 Å². The fourth-order valence-electron chi connectivity index (χ4n) is 5.91. The molecular weight excluding hydrogens is 483 g/mol. The van der Waals surface area contributed by atoms with Crippen molar-refractivity contribution < 1.29 is 4.39 Å². The summed E-state index contributed by atoms with van der Waals surface area (Å²) in [6.07, 6.45) is 8.56. The summed E-state index contributed by atoms with van der Waals surface area (Å²) in [6.45, 7) is 2.59. The zero-order valence-corrected chi connectivity index (χ0v) is 21.4. The van der Waals surface area contributed by atoms with Crippen molar-refractivity contribution in [2.75, 3.05) is 23.9 Å². The van der Waals surface area contributed by atoms with Crippen molar-refractivity contribution in [1.29, 1.82) is 5.26 Å². The Hall–Kier alpha value is -4.04. The van der Waals surface area contributed by atoms with E-state index in [1.807, 2.05) is 37.4 Å². The number of aromatic nitrogens is 6. The van der Waals surface area contributed by atoms with Crippen LogP contribution in [0.4, 0.5) is 22.0 Å². The molecule has 6 rings (SSSR count). The Morgan fingerprint density at radius 1 is 1.13 bits per heavy atom. The van der Waals surface area contributed by atoms with E-state index in [-0.39, 0.29) is 12.6 Å². The third-order valence-electron chi connectivity index (χ3n) is 7.63. The molecule has 0 aliphatic carbocycles. The van der Waals surface area contributed by atoms with E-state index < -0.39 is 6.67 Å². The average molecular weight is 515 g/mol. The maximum absolute atomic E-state index is 12.8. The molecule has 3 atom stereocenters. The molecule has 2 aliphatic heterocycles. The molecule has 3 aromatic heterocycles. The van der Waals surface area contributed by atoms with Crippen LogP contribution >= 0.6 is 0 Å². The summed E-state index contributed by atoms with van der Waals surface area (Å²) in [7, 11) is 0. The highest BCUT2D eigenvalue weighted by molar-refractivity contribution is 5.94. The molecular formula is C27H31FN10. The summed E-state index contributed by atoms with van der Waals surface area (Å²) < 4.78 is 14.4. The number of alkyl halides is 1. The van der Waals surface area contributed by atoms with Crippen molar-refractivity contribution in [2.45, 2.75) is 63.7 Å². The lowest BCUT2D eigenvalue weighted by molar-refractivity contribution is 0.135. The number of nitrogens with one attached hydrogen (secondary N) is 3. The minimum absolute atomic E-state index is 0.234. The van der Waals surface area contributed by atoms with Crippen LogP contribution in [0.5, 0.6) is 0 Å². The van der Waals surface area contributed by atoms with Gasteiger partial charge in [-0.25, -0.2) is 9.37 Å². The van der Waals surface area contributed by atoms with E-state index in [4.69, 9.17) is 15.2 Å². The largest absolute Gasteiger partial charge is 0.351 e. The highest BCUT2D eigenvalue weighted by Gasteiger charge is 2.40. The number of aromatic amines is 1. The Bertz CT molecular complexity index is 1460. The van der Waals surface area contributed by atoms with E-state index in [1.165, 1.54) is 12.8 Å². The molecule has 0 radical (unpaired) electrons. The third kappa shape index (κ3) is 4.91. The van der Waals surface area contributed by atoms with Gasteiger partial charge in [0.15, 0.2) is 5.82 Å². The second-order valence-electron chi connectivity index (χ2n) is 10.2. The molecule has 2 saturated heterocycles. The summed E-state index contributed by atoms with van der Waals surface area (Å²) in [5.41, 5.74) is 3.61. The van der Waals surface area contributed by atoms with Crippen molar-refractivity contribution in [1.82, 2.24) is 34.8 Å². The monoisotopic (exact) mass is 514 g/mol. The van der Waals surface area contributed by atoms with Gasteiger partial charge in [-0.1, -0.05) is 6.07 Å². The lowest BCUT2D eigenvalue weighted by Crippen LogP contribution is -2.47. The van der Waals surface area contributed by atoms with E-state index in [0.29, 0.717) is 36.1 Å². The summed E-state index contributed by atoms with van der Waals surface area (Å²) in [5, 5.41) is 28.4. The van der Waals surface area contributed by atoms with Crippen LogP contribution in [-0.4, -0.2) is 66.2 Å². The van der Waals surface area contributed by atoms with Gasteiger partial charge in [-0.05, 0) is 50.3 Å². The summed E-state index contributed by atoms with van der Waals surface area (Å²) in [4.78, 5) is 12.3. The number of H-pyrrole nitrogens is 1. The minimum Gasteiger partial charge on any atom is -0.351 e. The Kier molecular flexibility index (Phi) is 6.64. The number of nitriles is 1. The average Bonchev–Trinajstić information content (AvgIpc) is 3.60. The van der Waals surface area contributed by atoms with Gasteiger partial charge in [0.05, 0.1) is 24.3 Å². The number of fused-ring (bicyclic) bond motifs is 3. The molecule has 3 N–H and O–H groups in total. The van der Waals surface area contributed by atoms with Gasteiger partial charge < -0.3 is 10.6 Å². The molecule has 10 nitrogen and oxygen atoms in total. The number of anilines is 3. The number of rotatable bonds is 9. The molecule has 11 heteroatoms. The Morgan fingerprint density at radius 3 is 2.71 bits per heavy atom. The highest BCUT2D eigenvalue weighted by atomic mass is 19.1. The Balaban J connectivity index is 1.30. The fourth-order valence-corrected chi connectivity index (χ4v) is 5.91. The number of hydrogen-bond acceptors (Lipinski definition) is 8. The lowest BCUT2D eigenvalue weighted by Gasteiger charge is -2.38. The van der Waals surface area contributed by atoms with Gasteiger partial charge in [-0.15, -0.1) is 0 Å². The molecule has 2 bridgehead atoms. The number of benzene rings is 1. The zero-order chi connectivity index (χ0) is 26.1. The van der Waals surface area contributed by atoms with E-state index in [2.05, 4.69) is 36.9 Å². The van der Waals surface area contributed by atoms with Gasteiger partial charge in [-0.3, -0.25) is 14.7 Å². The van der Waals surface area contributed by atoms with Crippen LogP contribution in [0.15, 0.2) is 36.7 Å². The molecule has 0 unspecified atom stereocenters. The maximum Gasteiger partial charge on any atom is 0.225 e. The second kappa shape index (κ2) is 10.4. The lowest BCUT2D eigenvalue weighted by atomic mass is 9.97. The predicted octanol–water partition coefficient (Wildman–Crippen LogP) is 4.56. The summed E-state index contributed by atoms with van der Waals surface area (Å²) >= 11 is 0. The quantitative estimate of drug-likeness (QED) is 0.297. The van der Waals surface area contributed by atoms with Crippen LogP contribution in [0.1, 0.15) is 37.8 Å². The van der Waals surface area contributed by atoms with Gasteiger partial charge in [0.25, 0.3) is 0 Å². The van der Waals surface area contributed by atoms with Crippen LogP contribution in [0.2, 0.25) is 0 Å². The number of nitrogens with zero attached hydrogens (tertiary/aromatic N) is 7. The predicted molar refractivity (Wildman–Crippen MR) is 144 cm³/mol. The van der Waals surface area contributed by atoms with Gasteiger partial charge in [0, 0.05) is 60.0 Å². The number of piperidine rings is 1. The third-order valence-corrected chi connectivity index (χ3v) is 7.63. The molecule has 0 spiro atoms. The Morgan fingerprint density at radius 2 is 1.97 bits per heavy atom. The normalized spacial score (nSPS) is 21.0. The van der Waals surface area contributed by atoms with Crippen LogP contribution in [0.3, 0.4) is 0 Å². The molecule has 0 amide bonds. The van der Waals surface area contributed by atoms with E-state index in [9.17, 15) is 4.39 Å². The van der Waals surface area contributed by atoms with E-state index in [1.54, 1.807) is 10.9 Å². The first-order valence-electron chi connectivity index (χ1n) is 13.2. The highest BCUT2D eigenvalue weighted by Crippen LogP contribution is 2.37. The molecule has 38 heavy (non-hydrogen) atoms. The van der Waals surface area contributed by atoms with Gasteiger partial charge >= 0.3 is 0 Å². The molecule has 4 aromatic rings. The first-order chi connectivity index (χ1) is 18.6. The van der Waals surface area contributed by atoms with Crippen molar-refractivity contribution in [3.8, 4) is 17.2 Å². The van der Waals surface area contributed by atoms with Crippen molar-refractivity contribution in [2.24, 2.45) is 0 Å². The molecule has 1 aromatic carbocycles. The fraction of sp³-hybridized carbons (Fsp3) is 0.444. The maximum atomic E-state index is 12.8. The summed E-state index contributed by atoms with van der Waals surface area (Å²) in [5.74, 6) is 1.94. The molecule has 0 saturated carbocycles. The number of aryl methyl sites for hydroxylation is 2. The van der Waals surface area contributed by atoms with Crippen molar-refractivity contribution in [3.63, 3.8) is 0 Å². The number of halogens is 1. The number of hydrogen-bond donors (Lipinski definition) is 3. The smallest absolute Gasteiger partial charge is 0.225 e. The topological polar surface area (TPSA) is 123 Å². The molecule has 196 valence electrons. The molecule has 5 heterocycles.